The highest BCUT2D eigenvalue weighted by Crippen LogP contribution is 2.05. The highest BCUT2D eigenvalue weighted by molar-refractivity contribution is 5.88. The van der Waals surface area contributed by atoms with E-state index in [1.165, 1.54) is 6.26 Å². The average Bonchev–Trinajstić information content (AvgIpc) is 2.48. The largest absolute Gasteiger partial charge is 0.432 e. The van der Waals surface area contributed by atoms with E-state index in [-0.39, 0.29) is 11.9 Å². The first-order valence-corrected chi connectivity index (χ1v) is 4.09. The molecule has 2 N–H and O–H groups in total. The van der Waals surface area contributed by atoms with Gasteiger partial charge in [-0.15, -0.1) is 0 Å². The lowest BCUT2D eigenvalue weighted by atomic mass is 10.4. The summed E-state index contributed by atoms with van der Waals surface area (Å²) >= 11 is 0. The SMILES string of the molecule is CNCCC(=O)Nc1nc(C)co1. The molecular formula is C8H13N3O2. The lowest BCUT2D eigenvalue weighted by molar-refractivity contribution is -0.116. The fourth-order valence-electron chi connectivity index (χ4n) is 0.832. The summed E-state index contributed by atoms with van der Waals surface area (Å²) < 4.78 is 4.95. The van der Waals surface area contributed by atoms with E-state index >= 15 is 0 Å². The summed E-state index contributed by atoms with van der Waals surface area (Å²) in [5, 5.41) is 5.42. The molecule has 5 nitrogen and oxygen atoms in total. The first-order chi connectivity index (χ1) is 6.22. The summed E-state index contributed by atoms with van der Waals surface area (Å²) in [5.74, 6) is -0.101. The minimum absolute atomic E-state index is 0.101. The molecule has 0 unspecified atom stereocenters. The fourth-order valence-corrected chi connectivity index (χ4v) is 0.832. The highest BCUT2D eigenvalue weighted by atomic mass is 16.4. The van der Waals surface area contributed by atoms with E-state index < -0.39 is 0 Å². The van der Waals surface area contributed by atoms with Gasteiger partial charge in [0.05, 0.1) is 5.69 Å². The van der Waals surface area contributed by atoms with Gasteiger partial charge in [-0.25, -0.2) is 0 Å². The zero-order chi connectivity index (χ0) is 9.68. The summed E-state index contributed by atoms with van der Waals surface area (Å²) in [7, 11) is 1.79. The predicted molar refractivity (Wildman–Crippen MR) is 48.4 cm³/mol. The zero-order valence-corrected chi connectivity index (χ0v) is 7.76. The van der Waals surface area contributed by atoms with Crippen molar-refractivity contribution in [3.05, 3.63) is 12.0 Å². The normalized spacial score (nSPS) is 10.0. The van der Waals surface area contributed by atoms with Gasteiger partial charge >= 0.3 is 6.01 Å². The second-order valence-corrected chi connectivity index (χ2v) is 2.70. The Morgan fingerprint density at radius 1 is 1.69 bits per heavy atom. The predicted octanol–water partition coefficient (Wildman–Crippen LogP) is 0.531. The van der Waals surface area contributed by atoms with Gasteiger partial charge in [-0.2, -0.15) is 4.98 Å². The number of nitrogens with one attached hydrogen (secondary N) is 2. The number of rotatable bonds is 4. The number of amides is 1. The summed E-state index contributed by atoms with van der Waals surface area (Å²) in [6.45, 7) is 2.44. The average molecular weight is 183 g/mol. The first-order valence-electron chi connectivity index (χ1n) is 4.09. The van der Waals surface area contributed by atoms with Gasteiger partial charge in [-0.1, -0.05) is 0 Å². The number of carbonyl (C=O) groups is 1. The second-order valence-electron chi connectivity index (χ2n) is 2.70. The maximum atomic E-state index is 11.1. The zero-order valence-electron chi connectivity index (χ0n) is 7.76. The van der Waals surface area contributed by atoms with Crippen LogP contribution in [0.3, 0.4) is 0 Å². The monoisotopic (exact) mass is 183 g/mol. The molecular weight excluding hydrogens is 170 g/mol. The number of carbonyl (C=O) groups excluding carboxylic acids is 1. The first kappa shape index (κ1) is 9.73. The number of aromatic nitrogens is 1. The summed E-state index contributed by atoms with van der Waals surface area (Å²) in [6, 6.07) is 0.263. The Morgan fingerprint density at radius 3 is 3.00 bits per heavy atom. The van der Waals surface area contributed by atoms with Crippen molar-refractivity contribution < 1.29 is 9.21 Å². The van der Waals surface area contributed by atoms with Gasteiger partial charge in [-0.3, -0.25) is 10.1 Å². The van der Waals surface area contributed by atoms with Crippen LogP contribution in [0.5, 0.6) is 0 Å². The molecule has 1 aromatic heterocycles. The van der Waals surface area contributed by atoms with Crippen molar-refractivity contribution in [1.82, 2.24) is 10.3 Å². The van der Waals surface area contributed by atoms with E-state index in [1.807, 2.05) is 0 Å². The van der Waals surface area contributed by atoms with Crippen molar-refractivity contribution in [2.75, 3.05) is 18.9 Å². The molecule has 0 aliphatic carbocycles. The Bertz CT molecular complexity index is 283. The van der Waals surface area contributed by atoms with Gasteiger partial charge in [0.25, 0.3) is 0 Å². The van der Waals surface area contributed by atoms with Crippen LogP contribution >= 0.6 is 0 Å². The van der Waals surface area contributed by atoms with Crippen LogP contribution in [0.2, 0.25) is 0 Å². The van der Waals surface area contributed by atoms with Gasteiger partial charge < -0.3 is 9.73 Å². The minimum Gasteiger partial charge on any atom is -0.432 e. The molecule has 1 heterocycles. The Morgan fingerprint density at radius 2 is 2.46 bits per heavy atom. The number of nitrogens with zero attached hydrogens (tertiary/aromatic N) is 1. The molecule has 0 spiro atoms. The molecule has 0 saturated carbocycles. The van der Waals surface area contributed by atoms with Crippen molar-refractivity contribution in [1.29, 1.82) is 0 Å². The van der Waals surface area contributed by atoms with Crippen LogP contribution < -0.4 is 10.6 Å². The molecule has 0 fully saturated rings. The molecule has 72 valence electrons. The summed E-state index contributed by atoms with van der Waals surface area (Å²) in [4.78, 5) is 15.1. The van der Waals surface area contributed by atoms with Crippen LogP contribution in [-0.2, 0) is 4.79 Å². The third-order valence-electron chi connectivity index (χ3n) is 1.47. The molecule has 0 bridgehead atoms. The Labute approximate surface area is 76.5 Å². The van der Waals surface area contributed by atoms with Crippen molar-refractivity contribution >= 4 is 11.9 Å². The highest BCUT2D eigenvalue weighted by Gasteiger charge is 2.05. The number of hydrogen-bond acceptors (Lipinski definition) is 4. The number of hydrogen-bond donors (Lipinski definition) is 2. The lowest BCUT2D eigenvalue weighted by Gasteiger charge is -1.98. The summed E-state index contributed by atoms with van der Waals surface area (Å²) in [5.41, 5.74) is 0.754. The molecule has 0 atom stereocenters. The second kappa shape index (κ2) is 4.61. The van der Waals surface area contributed by atoms with E-state index in [0.717, 1.165) is 5.69 Å². The third-order valence-corrected chi connectivity index (χ3v) is 1.47. The van der Waals surface area contributed by atoms with Crippen LogP contribution in [0, 0.1) is 6.92 Å². The maximum absolute atomic E-state index is 11.1. The molecule has 1 aromatic rings. The summed E-state index contributed by atoms with van der Waals surface area (Å²) in [6.07, 6.45) is 1.91. The smallest absolute Gasteiger partial charge is 0.301 e. The molecule has 0 aliphatic heterocycles. The lowest BCUT2D eigenvalue weighted by Crippen LogP contribution is -2.18. The van der Waals surface area contributed by atoms with Gasteiger partial charge in [0.1, 0.15) is 6.26 Å². The van der Waals surface area contributed by atoms with Crippen LogP contribution in [0.25, 0.3) is 0 Å². The molecule has 0 aliphatic rings. The molecule has 0 radical (unpaired) electrons. The Kier molecular flexibility index (Phi) is 3.45. The van der Waals surface area contributed by atoms with Crippen molar-refractivity contribution in [3.63, 3.8) is 0 Å². The van der Waals surface area contributed by atoms with Gasteiger partial charge in [-0.05, 0) is 14.0 Å². The molecule has 13 heavy (non-hydrogen) atoms. The van der Waals surface area contributed by atoms with E-state index in [9.17, 15) is 4.79 Å². The van der Waals surface area contributed by atoms with E-state index in [1.54, 1.807) is 14.0 Å². The van der Waals surface area contributed by atoms with Crippen LogP contribution in [0.4, 0.5) is 6.01 Å². The molecule has 0 aromatic carbocycles. The number of aryl methyl sites for hydroxylation is 1. The quantitative estimate of drug-likeness (QED) is 0.714. The minimum atomic E-state index is -0.101. The number of anilines is 1. The van der Waals surface area contributed by atoms with E-state index in [0.29, 0.717) is 13.0 Å². The number of oxazole rings is 1. The van der Waals surface area contributed by atoms with Crippen LogP contribution in [0.1, 0.15) is 12.1 Å². The van der Waals surface area contributed by atoms with Gasteiger partial charge in [0.15, 0.2) is 0 Å². The van der Waals surface area contributed by atoms with E-state index in [4.69, 9.17) is 4.42 Å². The Hall–Kier alpha value is -1.36. The molecule has 0 saturated heterocycles. The third kappa shape index (κ3) is 3.25. The van der Waals surface area contributed by atoms with Gasteiger partial charge in [0, 0.05) is 13.0 Å². The van der Waals surface area contributed by atoms with Gasteiger partial charge in [0.2, 0.25) is 5.91 Å². The fraction of sp³-hybridized carbons (Fsp3) is 0.500. The van der Waals surface area contributed by atoms with Crippen LogP contribution in [-0.4, -0.2) is 24.5 Å². The van der Waals surface area contributed by atoms with Crippen molar-refractivity contribution in [2.45, 2.75) is 13.3 Å². The molecule has 5 heteroatoms. The maximum Gasteiger partial charge on any atom is 0.301 e. The van der Waals surface area contributed by atoms with Crippen molar-refractivity contribution in [3.8, 4) is 0 Å². The Balaban J connectivity index is 2.36. The standard InChI is InChI=1S/C8H13N3O2/c1-6-5-13-8(10-6)11-7(12)3-4-9-2/h5,9H,3-4H2,1-2H3,(H,10,11,12). The van der Waals surface area contributed by atoms with Crippen molar-refractivity contribution in [2.24, 2.45) is 0 Å². The molecule has 1 rings (SSSR count). The van der Waals surface area contributed by atoms with Crippen LogP contribution in [0.15, 0.2) is 10.7 Å². The van der Waals surface area contributed by atoms with E-state index in [2.05, 4.69) is 15.6 Å². The molecule has 1 amide bonds. The topological polar surface area (TPSA) is 67.2 Å².